The maximum absolute atomic E-state index is 13.6. The standard InChI is InChI=1S/C16H10ClF3O4/c17-11-2-1-3-12(18)14(11)15(22)23-8-13(21)9-4-6-10(7-5-9)24-16(19)20/h1-7,16H,8H2. The molecule has 0 amide bonds. The van der Waals surface area contributed by atoms with Crippen LogP contribution in [0.4, 0.5) is 13.2 Å². The molecule has 0 spiro atoms. The normalized spacial score (nSPS) is 10.5. The van der Waals surface area contributed by atoms with Crippen LogP contribution in [0.3, 0.4) is 0 Å². The first-order chi connectivity index (χ1) is 11.4. The Kier molecular flexibility index (Phi) is 5.81. The molecule has 2 rings (SSSR count). The number of ketones is 1. The van der Waals surface area contributed by atoms with Gasteiger partial charge in [0.2, 0.25) is 0 Å². The molecule has 0 unspecified atom stereocenters. The van der Waals surface area contributed by atoms with Gasteiger partial charge in [-0.15, -0.1) is 0 Å². The van der Waals surface area contributed by atoms with Crippen molar-refractivity contribution in [1.29, 1.82) is 0 Å². The van der Waals surface area contributed by atoms with Crippen LogP contribution in [0.1, 0.15) is 20.7 Å². The lowest BCUT2D eigenvalue weighted by molar-refractivity contribution is -0.0498. The Morgan fingerprint density at radius 1 is 1.08 bits per heavy atom. The Bertz CT molecular complexity index is 727. The molecule has 24 heavy (non-hydrogen) atoms. The maximum atomic E-state index is 13.6. The number of esters is 1. The van der Waals surface area contributed by atoms with Crippen molar-refractivity contribution in [3.05, 3.63) is 64.4 Å². The number of hydrogen-bond acceptors (Lipinski definition) is 4. The van der Waals surface area contributed by atoms with E-state index in [0.29, 0.717) is 0 Å². The summed E-state index contributed by atoms with van der Waals surface area (Å²) in [4.78, 5) is 23.7. The van der Waals surface area contributed by atoms with E-state index in [1.165, 1.54) is 36.4 Å². The largest absolute Gasteiger partial charge is 0.454 e. The summed E-state index contributed by atoms with van der Waals surface area (Å²) >= 11 is 5.71. The van der Waals surface area contributed by atoms with Gasteiger partial charge in [0, 0.05) is 5.56 Å². The van der Waals surface area contributed by atoms with Gasteiger partial charge in [0.1, 0.15) is 17.1 Å². The van der Waals surface area contributed by atoms with Gasteiger partial charge in [-0.05, 0) is 36.4 Å². The SMILES string of the molecule is O=C(COC(=O)c1c(F)cccc1Cl)c1ccc(OC(F)F)cc1. The second-order valence-corrected chi connectivity index (χ2v) is 4.91. The van der Waals surface area contributed by atoms with Crippen LogP contribution in [0, 0.1) is 5.82 Å². The van der Waals surface area contributed by atoms with Crippen LogP contribution < -0.4 is 4.74 Å². The third-order valence-electron chi connectivity index (χ3n) is 2.90. The van der Waals surface area contributed by atoms with E-state index in [-0.39, 0.29) is 16.3 Å². The average Bonchev–Trinajstić information content (AvgIpc) is 2.52. The minimum atomic E-state index is -2.97. The van der Waals surface area contributed by atoms with Gasteiger partial charge in [0.15, 0.2) is 12.4 Å². The summed E-state index contributed by atoms with van der Waals surface area (Å²) in [7, 11) is 0. The molecule has 0 fully saturated rings. The highest BCUT2D eigenvalue weighted by molar-refractivity contribution is 6.33. The molecule has 0 aliphatic rings. The Morgan fingerprint density at radius 2 is 1.75 bits per heavy atom. The Balaban J connectivity index is 1.99. The van der Waals surface area contributed by atoms with Gasteiger partial charge in [-0.1, -0.05) is 17.7 Å². The lowest BCUT2D eigenvalue weighted by atomic mass is 10.1. The predicted molar refractivity (Wildman–Crippen MR) is 79.1 cm³/mol. The number of carbonyl (C=O) groups excluding carboxylic acids is 2. The summed E-state index contributed by atoms with van der Waals surface area (Å²) in [5.41, 5.74) is -0.350. The van der Waals surface area contributed by atoms with Gasteiger partial charge in [-0.2, -0.15) is 8.78 Å². The second kappa shape index (κ2) is 7.83. The molecule has 126 valence electrons. The van der Waals surface area contributed by atoms with Crippen LogP contribution in [0.15, 0.2) is 42.5 Å². The maximum Gasteiger partial charge on any atom is 0.387 e. The first kappa shape index (κ1) is 17.8. The van der Waals surface area contributed by atoms with E-state index >= 15 is 0 Å². The predicted octanol–water partition coefficient (Wildman–Crippen LogP) is 4.12. The first-order valence-electron chi connectivity index (χ1n) is 6.57. The summed E-state index contributed by atoms with van der Waals surface area (Å²) in [6.45, 7) is -3.63. The molecule has 0 radical (unpaired) electrons. The summed E-state index contributed by atoms with van der Waals surface area (Å²) in [5.74, 6) is -2.66. The molecule has 2 aromatic carbocycles. The molecule has 0 saturated heterocycles. The zero-order chi connectivity index (χ0) is 17.7. The van der Waals surface area contributed by atoms with Gasteiger partial charge in [0.05, 0.1) is 5.02 Å². The third kappa shape index (κ3) is 4.48. The number of carbonyl (C=O) groups is 2. The Hall–Kier alpha value is -2.54. The van der Waals surface area contributed by atoms with Crippen molar-refractivity contribution in [3.8, 4) is 5.75 Å². The van der Waals surface area contributed by atoms with Crippen molar-refractivity contribution < 1.29 is 32.2 Å². The van der Waals surface area contributed by atoms with E-state index in [1.54, 1.807) is 0 Å². The molecule has 4 nitrogen and oxygen atoms in total. The number of alkyl halides is 2. The van der Waals surface area contributed by atoms with Gasteiger partial charge in [0.25, 0.3) is 0 Å². The average molecular weight is 359 g/mol. The van der Waals surface area contributed by atoms with Crippen LogP contribution in [-0.4, -0.2) is 25.0 Å². The number of hydrogen-bond donors (Lipinski definition) is 0. The summed E-state index contributed by atoms with van der Waals surface area (Å²) in [5, 5.41) is -0.138. The highest BCUT2D eigenvalue weighted by Gasteiger charge is 2.19. The quantitative estimate of drug-likeness (QED) is 0.576. The van der Waals surface area contributed by atoms with E-state index in [0.717, 1.165) is 6.07 Å². The molecule has 8 heteroatoms. The second-order valence-electron chi connectivity index (χ2n) is 4.50. The number of ether oxygens (including phenoxy) is 2. The lowest BCUT2D eigenvalue weighted by Crippen LogP contribution is -2.15. The van der Waals surface area contributed by atoms with Crippen LogP contribution in [0.2, 0.25) is 5.02 Å². The third-order valence-corrected chi connectivity index (χ3v) is 3.22. The number of Topliss-reactive ketones (excluding diaryl/α,β-unsaturated/α-hetero) is 1. The molecule has 0 aliphatic carbocycles. The highest BCUT2D eigenvalue weighted by atomic mass is 35.5. The van der Waals surface area contributed by atoms with E-state index in [9.17, 15) is 22.8 Å². The van der Waals surface area contributed by atoms with E-state index in [4.69, 9.17) is 16.3 Å². The van der Waals surface area contributed by atoms with E-state index < -0.39 is 36.4 Å². The van der Waals surface area contributed by atoms with Crippen molar-refractivity contribution in [1.82, 2.24) is 0 Å². The van der Waals surface area contributed by atoms with Gasteiger partial charge in [-0.3, -0.25) is 4.79 Å². The fourth-order valence-electron chi connectivity index (χ4n) is 1.80. The number of halogens is 4. The van der Waals surface area contributed by atoms with Crippen LogP contribution in [0.5, 0.6) is 5.75 Å². The fourth-order valence-corrected chi connectivity index (χ4v) is 2.04. The molecule has 0 aromatic heterocycles. The Morgan fingerprint density at radius 3 is 2.33 bits per heavy atom. The van der Waals surface area contributed by atoms with Crippen molar-refractivity contribution >= 4 is 23.4 Å². The van der Waals surface area contributed by atoms with Crippen LogP contribution in [-0.2, 0) is 4.74 Å². The molecular formula is C16H10ClF3O4. The zero-order valence-electron chi connectivity index (χ0n) is 12.0. The summed E-state index contributed by atoms with van der Waals surface area (Å²) < 4.78 is 46.5. The molecule has 0 heterocycles. The molecule has 0 saturated carbocycles. The topological polar surface area (TPSA) is 52.6 Å². The Labute approximate surface area is 139 Å². The van der Waals surface area contributed by atoms with Crippen LogP contribution in [0.25, 0.3) is 0 Å². The molecule has 0 N–H and O–H groups in total. The smallest absolute Gasteiger partial charge is 0.387 e. The molecule has 0 atom stereocenters. The van der Waals surface area contributed by atoms with E-state index in [2.05, 4.69) is 4.74 Å². The van der Waals surface area contributed by atoms with Crippen molar-refractivity contribution in [2.75, 3.05) is 6.61 Å². The van der Waals surface area contributed by atoms with Crippen molar-refractivity contribution in [2.24, 2.45) is 0 Å². The van der Waals surface area contributed by atoms with Gasteiger partial charge < -0.3 is 9.47 Å². The zero-order valence-corrected chi connectivity index (χ0v) is 12.7. The van der Waals surface area contributed by atoms with Crippen molar-refractivity contribution in [2.45, 2.75) is 6.61 Å². The summed E-state index contributed by atoms with van der Waals surface area (Å²) in [6.07, 6.45) is 0. The van der Waals surface area contributed by atoms with Gasteiger partial charge >= 0.3 is 12.6 Å². The monoisotopic (exact) mass is 358 g/mol. The molecular weight excluding hydrogens is 349 g/mol. The van der Waals surface area contributed by atoms with Crippen LogP contribution >= 0.6 is 11.6 Å². The minimum absolute atomic E-state index is 0.114. The number of rotatable bonds is 6. The minimum Gasteiger partial charge on any atom is -0.454 e. The molecule has 0 aliphatic heterocycles. The highest BCUT2D eigenvalue weighted by Crippen LogP contribution is 2.20. The first-order valence-corrected chi connectivity index (χ1v) is 6.95. The van der Waals surface area contributed by atoms with Crippen molar-refractivity contribution in [3.63, 3.8) is 0 Å². The molecule has 2 aromatic rings. The molecule has 0 bridgehead atoms. The van der Waals surface area contributed by atoms with E-state index in [1.807, 2.05) is 0 Å². The lowest BCUT2D eigenvalue weighted by Gasteiger charge is -2.07. The van der Waals surface area contributed by atoms with Gasteiger partial charge in [-0.25, -0.2) is 9.18 Å². The summed E-state index contributed by atoms with van der Waals surface area (Å²) in [6, 6.07) is 8.50. The fraction of sp³-hybridized carbons (Fsp3) is 0.125. The number of benzene rings is 2.